The topological polar surface area (TPSA) is 12.5 Å². The predicted molar refractivity (Wildman–Crippen MR) is 70.0 cm³/mol. The quantitative estimate of drug-likeness (QED) is 0.682. The van der Waals surface area contributed by atoms with Gasteiger partial charge in [0.1, 0.15) is 0 Å². The van der Waals surface area contributed by atoms with Gasteiger partial charge in [-0.25, -0.2) is 0 Å². The molecule has 2 heterocycles. The molecule has 2 aliphatic heterocycles. The molecule has 2 fully saturated rings. The van der Waals surface area contributed by atoms with Crippen LogP contribution in [-0.4, -0.2) is 37.2 Å². The maximum atomic E-state index is 6.14. The molecule has 0 aromatic heterocycles. The van der Waals surface area contributed by atoms with Gasteiger partial charge in [0, 0.05) is 12.5 Å². The largest absolute Gasteiger partial charge is 0.376 e. The molecule has 0 saturated carbocycles. The molecule has 0 N–H and O–H groups in total. The number of likely N-dealkylation sites (tertiary alicyclic amines) is 1. The van der Waals surface area contributed by atoms with Crippen LogP contribution in [0.4, 0.5) is 0 Å². The van der Waals surface area contributed by atoms with Crippen molar-refractivity contribution in [2.24, 2.45) is 11.8 Å². The number of nitrogens with zero attached hydrogens (tertiary/aromatic N) is 1. The zero-order valence-electron chi connectivity index (χ0n) is 11.0. The minimum atomic E-state index is 0.473. The lowest BCUT2D eigenvalue weighted by molar-refractivity contribution is -0.0650. The summed E-state index contributed by atoms with van der Waals surface area (Å²) in [5.74, 6) is 1.52. The Balaban J connectivity index is 1.62. The summed E-state index contributed by atoms with van der Waals surface area (Å²) >= 11 is 0. The molecule has 2 bridgehead atoms. The molecule has 0 amide bonds. The molecule has 3 atom stereocenters. The van der Waals surface area contributed by atoms with Gasteiger partial charge in [0.2, 0.25) is 0 Å². The van der Waals surface area contributed by atoms with Gasteiger partial charge in [-0.1, -0.05) is 18.1 Å². The van der Waals surface area contributed by atoms with Gasteiger partial charge in [-0.2, -0.15) is 0 Å². The van der Waals surface area contributed by atoms with E-state index >= 15 is 0 Å². The normalized spacial score (nSPS) is 38.9. The van der Waals surface area contributed by atoms with Crippen molar-refractivity contribution in [3.8, 4) is 0 Å². The lowest BCUT2D eigenvalue weighted by atomic mass is 9.77. The van der Waals surface area contributed by atoms with E-state index in [0.29, 0.717) is 12.0 Å². The average Bonchev–Trinajstić information content (AvgIpc) is 2.38. The zero-order chi connectivity index (χ0) is 11.7. The third kappa shape index (κ3) is 2.58. The first-order valence-electron chi connectivity index (χ1n) is 7.33. The van der Waals surface area contributed by atoms with Crippen LogP contribution in [0.2, 0.25) is 0 Å². The molecule has 17 heavy (non-hydrogen) atoms. The van der Waals surface area contributed by atoms with Gasteiger partial charge >= 0.3 is 0 Å². The average molecular weight is 235 g/mol. The third-order valence-electron chi connectivity index (χ3n) is 4.83. The molecule has 3 rings (SSSR count). The Morgan fingerprint density at radius 3 is 2.94 bits per heavy atom. The summed E-state index contributed by atoms with van der Waals surface area (Å²) in [5.41, 5.74) is 1.59. The number of fused-ring (bicyclic) bond motifs is 2. The van der Waals surface area contributed by atoms with Crippen molar-refractivity contribution in [3.63, 3.8) is 0 Å². The Bertz CT molecular complexity index is 293. The minimum absolute atomic E-state index is 0.473. The lowest BCUT2D eigenvalue weighted by Crippen LogP contribution is -2.45. The first-order chi connectivity index (χ1) is 8.33. The van der Waals surface area contributed by atoms with Crippen molar-refractivity contribution < 1.29 is 4.74 Å². The van der Waals surface area contributed by atoms with E-state index in [9.17, 15) is 0 Å². The number of allylic oxidation sites excluding steroid dienone is 1. The summed E-state index contributed by atoms with van der Waals surface area (Å²) in [7, 11) is 0. The number of hydrogen-bond acceptors (Lipinski definition) is 2. The van der Waals surface area contributed by atoms with Crippen molar-refractivity contribution in [2.45, 2.75) is 45.1 Å². The molecule has 2 heteroatoms. The molecule has 2 nitrogen and oxygen atoms in total. The highest BCUT2D eigenvalue weighted by atomic mass is 16.5. The highest BCUT2D eigenvalue weighted by Gasteiger charge is 2.35. The number of hydrogen-bond donors (Lipinski definition) is 0. The van der Waals surface area contributed by atoms with Gasteiger partial charge in [-0.05, 0) is 51.6 Å². The van der Waals surface area contributed by atoms with Crippen molar-refractivity contribution in [3.05, 3.63) is 11.6 Å². The highest BCUT2D eigenvalue weighted by Crippen LogP contribution is 2.37. The molecular formula is C15H25NO. The van der Waals surface area contributed by atoms with E-state index in [2.05, 4.69) is 17.9 Å². The fourth-order valence-electron chi connectivity index (χ4n) is 3.68. The summed E-state index contributed by atoms with van der Waals surface area (Å²) in [4.78, 5) is 2.62. The standard InChI is InChI=1S/C15H25NO/c1-12-5-6-13-9-14(12)15(17-11-13)10-16-7-3-2-4-8-16/h5,13-15H,2-4,6-11H2,1H3/t13-,14-,15?/m1/s1. The van der Waals surface area contributed by atoms with Gasteiger partial charge in [-0.15, -0.1) is 0 Å². The molecule has 0 spiro atoms. The van der Waals surface area contributed by atoms with E-state index in [1.54, 1.807) is 5.57 Å². The van der Waals surface area contributed by atoms with Gasteiger partial charge in [0.15, 0.2) is 0 Å². The fourth-order valence-corrected chi connectivity index (χ4v) is 3.68. The minimum Gasteiger partial charge on any atom is -0.376 e. The Morgan fingerprint density at radius 1 is 1.29 bits per heavy atom. The van der Waals surface area contributed by atoms with Gasteiger partial charge in [0.25, 0.3) is 0 Å². The third-order valence-corrected chi connectivity index (χ3v) is 4.83. The molecule has 1 unspecified atom stereocenters. The van der Waals surface area contributed by atoms with Gasteiger partial charge in [-0.3, -0.25) is 0 Å². The van der Waals surface area contributed by atoms with Crippen LogP contribution in [0.1, 0.15) is 39.0 Å². The molecule has 1 aliphatic carbocycles. The van der Waals surface area contributed by atoms with Crippen LogP contribution in [-0.2, 0) is 4.74 Å². The number of ether oxygens (including phenoxy) is 1. The first-order valence-corrected chi connectivity index (χ1v) is 7.33. The molecule has 0 aromatic carbocycles. The second-order valence-corrected chi connectivity index (χ2v) is 6.13. The summed E-state index contributed by atoms with van der Waals surface area (Å²) in [6, 6.07) is 0. The Hall–Kier alpha value is -0.340. The Kier molecular flexibility index (Phi) is 3.53. The monoisotopic (exact) mass is 235 g/mol. The second-order valence-electron chi connectivity index (χ2n) is 6.13. The zero-order valence-corrected chi connectivity index (χ0v) is 11.0. The van der Waals surface area contributed by atoms with Crippen LogP contribution >= 0.6 is 0 Å². The second kappa shape index (κ2) is 5.11. The van der Waals surface area contributed by atoms with E-state index in [1.165, 1.54) is 51.7 Å². The molecular weight excluding hydrogens is 210 g/mol. The predicted octanol–water partition coefficient (Wildman–Crippen LogP) is 2.84. The first kappa shape index (κ1) is 11.7. The lowest BCUT2D eigenvalue weighted by Gasteiger charge is -2.42. The number of piperidine rings is 1. The van der Waals surface area contributed by atoms with Crippen LogP contribution in [0, 0.1) is 11.8 Å². The van der Waals surface area contributed by atoms with Gasteiger partial charge in [0.05, 0.1) is 12.7 Å². The van der Waals surface area contributed by atoms with Crippen LogP contribution in [0.25, 0.3) is 0 Å². The highest BCUT2D eigenvalue weighted by molar-refractivity contribution is 5.12. The smallest absolute Gasteiger partial charge is 0.0767 e. The molecule has 2 saturated heterocycles. The molecule has 3 aliphatic rings. The Morgan fingerprint density at radius 2 is 2.12 bits per heavy atom. The van der Waals surface area contributed by atoms with Crippen molar-refractivity contribution >= 4 is 0 Å². The molecule has 0 radical (unpaired) electrons. The maximum Gasteiger partial charge on any atom is 0.0767 e. The fraction of sp³-hybridized carbons (Fsp3) is 0.867. The van der Waals surface area contributed by atoms with Crippen LogP contribution in [0.3, 0.4) is 0 Å². The van der Waals surface area contributed by atoms with E-state index in [1.807, 2.05) is 0 Å². The van der Waals surface area contributed by atoms with Crippen LogP contribution in [0.15, 0.2) is 11.6 Å². The van der Waals surface area contributed by atoms with E-state index in [-0.39, 0.29) is 0 Å². The van der Waals surface area contributed by atoms with E-state index in [4.69, 9.17) is 4.74 Å². The van der Waals surface area contributed by atoms with Gasteiger partial charge < -0.3 is 9.64 Å². The van der Waals surface area contributed by atoms with Crippen LogP contribution in [0.5, 0.6) is 0 Å². The summed E-state index contributed by atoms with van der Waals surface area (Å²) in [6.45, 7) is 7.05. The van der Waals surface area contributed by atoms with E-state index in [0.717, 1.165) is 12.5 Å². The van der Waals surface area contributed by atoms with Crippen molar-refractivity contribution in [1.29, 1.82) is 0 Å². The summed E-state index contributed by atoms with van der Waals surface area (Å²) in [6.07, 6.45) is 9.75. The summed E-state index contributed by atoms with van der Waals surface area (Å²) in [5, 5.41) is 0. The van der Waals surface area contributed by atoms with Crippen molar-refractivity contribution in [2.75, 3.05) is 26.2 Å². The molecule has 0 aromatic rings. The SMILES string of the molecule is CC1=CC[C@H]2COC(CN3CCCCC3)[C@@H]1C2. The molecule has 96 valence electrons. The Labute approximate surface area is 105 Å². The number of rotatable bonds is 2. The van der Waals surface area contributed by atoms with E-state index < -0.39 is 0 Å². The van der Waals surface area contributed by atoms with Crippen LogP contribution < -0.4 is 0 Å². The van der Waals surface area contributed by atoms with Crippen molar-refractivity contribution in [1.82, 2.24) is 4.90 Å². The maximum absolute atomic E-state index is 6.14. The summed E-state index contributed by atoms with van der Waals surface area (Å²) < 4.78 is 6.14.